The van der Waals surface area contributed by atoms with Crippen LogP contribution in [0.25, 0.3) is 0 Å². The van der Waals surface area contributed by atoms with Gasteiger partial charge in [-0.15, -0.1) is 11.6 Å². The molecule has 1 aliphatic heterocycles. The average Bonchev–Trinajstić information content (AvgIpc) is 2.60. The Morgan fingerprint density at radius 3 is 2.93 bits per heavy atom. The van der Waals surface area contributed by atoms with Crippen LogP contribution in [0.5, 0.6) is 0 Å². The number of carbonyl (C=O) groups excluding carboxylic acids is 1. The molecule has 1 unspecified atom stereocenters. The third kappa shape index (κ3) is 2.34. The molecule has 1 heterocycles. The third-order valence-corrected chi connectivity index (χ3v) is 3.47. The first-order chi connectivity index (χ1) is 7.20. The Labute approximate surface area is 102 Å². The molecule has 1 aromatic rings. The lowest BCUT2D eigenvalue weighted by molar-refractivity contribution is -0.117. The molecule has 80 valence electrons. The van der Waals surface area contributed by atoms with Gasteiger partial charge in [0.25, 0.3) is 0 Å². The van der Waals surface area contributed by atoms with Crippen molar-refractivity contribution in [3.05, 3.63) is 28.7 Å². The average molecular weight is 289 g/mol. The van der Waals surface area contributed by atoms with Crippen molar-refractivity contribution in [2.45, 2.75) is 6.42 Å². The number of halogens is 2. The molecule has 0 aromatic heterocycles. The highest BCUT2D eigenvalue weighted by Crippen LogP contribution is 2.27. The number of nitrogens with zero attached hydrogens (tertiary/aromatic N) is 1. The van der Waals surface area contributed by atoms with Gasteiger partial charge in [-0.3, -0.25) is 4.79 Å². The summed E-state index contributed by atoms with van der Waals surface area (Å²) in [5.74, 6) is 1.01. The van der Waals surface area contributed by atoms with Crippen molar-refractivity contribution in [3.63, 3.8) is 0 Å². The molecule has 0 N–H and O–H groups in total. The molecule has 1 aliphatic rings. The second-order valence-electron chi connectivity index (χ2n) is 3.71. The molecule has 1 fully saturated rings. The molecule has 15 heavy (non-hydrogen) atoms. The molecule has 1 saturated heterocycles. The van der Waals surface area contributed by atoms with E-state index in [9.17, 15) is 4.79 Å². The van der Waals surface area contributed by atoms with E-state index in [1.165, 1.54) is 0 Å². The molecule has 0 radical (unpaired) electrons. The lowest BCUT2D eigenvalue weighted by Crippen LogP contribution is -2.24. The summed E-state index contributed by atoms with van der Waals surface area (Å²) in [4.78, 5) is 13.5. The predicted molar refractivity (Wildman–Crippen MR) is 65.3 cm³/mol. The van der Waals surface area contributed by atoms with Gasteiger partial charge in [0.2, 0.25) is 5.91 Å². The molecule has 1 aromatic carbocycles. The van der Waals surface area contributed by atoms with Gasteiger partial charge in [-0.05, 0) is 24.1 Å². The first-order valence-electron chi connectivity index (χ1n) is 4.82. The highest BCUT2D eigenvalue weighted by molar-refractivity contribution is 9.10. The zero-order chi connectivity index (χ0) is 10.8. The Bertz CT molecular complexity index is 383. The fraction of sp³-hybridized carbons (Fsp3) is 0.364. The molecule has 4 heteroatoms. The molecule has 0 aliphatic carbocycles. The lowest BCUT2D eigenvalue weighted by Gasteiger charge is -2.16. The van der Waals surface area contributed by atoms with Gasteiger partial charge in [0.1, 0.15) is 0 Å². The Morgan fingerprint density at radius 1 is 1.53 bits per heavy atom. The monoisotopic (exact) mass is 287 g/mol. The predicted octanol–water partition coefficient (Wildman–Crippen LogP) is 3.04. The quantitative estimate of drug-likeness (QED) is 0.766. The number of anilines is 1. The highest BCUT2D eigenvalue weighted by atomic mass is 79.9. The zero-order valence-corrected chi connectivity index (χ0v) is 10.5. The van der Waals surface area contributed by atoms with Crippen molar-refractivity contribution in [2.75, 3.05) is 17.3 Å². The summed E-state index contributed by atoms with van der Waals surface area (Å²) in [7, 11) is 0. The SMILES string of the molecule is O=C1CC(CCl)CN1c1cccc(Br)c1. The number of hydrogen-bond donors (Lipinski definition) is 0. The van der Waals surface area contributed by atoms with Crippen LogP contribution in [0.4, 0.5) is 5.69 Å². The summed E-state index contributed by atoms with van der Waals surface area (Å²) < 4.78 is 0.988. The molecule has 0 spiro atoms. The fourth-order valence-electron chi connectivity index (χ4n) is 1.78. The molecule has 0 saturated carbocycles. The molecule has 0 bridgehead atoms. The van der Waals surface area contributed by atoms with E-state index in [0.29, 0.717) is 12.3 Å². The van der Waals surface area contributed by atoms with Gasteiger partial charge >= 0.3 is 0 Å². The van der Waals surface area contributed by atoms with Crippen molar-refractivity contribution >= 4 is 39.1 Å². The Balaban J connectivity index is 2.21. The van der Waals surface area contributed by atoms with E-state index in [4.69, 9.17) is 11.6 Å². The van der Waals surface area contributed by atoms with Crippen LogP contribution in [0, 0.1) is 5.92 Å². The van der Waals surface area contributed by atoms with E-state index in [-0.39, 0.29) is 11.8 Å². The minimum Gasteiger partial charge on any atom is -0.312 e. The normalized spacial score (nSPS) is 21.1. The molecule has 1 amide bonds. The van der Waals surface area contributed by atoms with E-state index in [1.807, 2.05) is 24.3 Å². The summed E-state index contributed by atoms with van der Waals surface area (Å²) in [5, 5.41) is 0. The first-order valence-corrected chi connectivity index (χ1v) is 6.15. The maximum absolute atomic E-state index is 11.7. The molecular formula is C11H11BrClNO. The highest BCUT2D eigenvalue weighted by Gasteiger charge is 2.29. The van der Waals surface area contributed by atoms with E-state index in [1.54, 1.807) is 4.90 Å². The van der Waals surface area contributed by atoms with Crippen LogP contribution in [-0.4, -0.2) is 18.3 Å². The minimum atomic E-state index is 0.166. The largest absolute Gasteiger partial charge is 0.312 e. The van der Waals surface area contributed by atoms with Gasteiger partial charge < -0.3 is 4.90 Å². The summed E-state index contributed by atoms with van der Waals surface area (Å²) in [6, 6.07) is 7.78. The number of hydrogen-bond acceptors (Lipinski definition) is 1. The fourth-order valence-corrected chi connectivity index (χ4v) is 2.37. The number of rotatable bonds is 2. The van der Waals surface area contributed by atoms with Gasteiger partial charge in [0.05, 0.1) is 0 Å². The minimum absolute atomic E-state index is 0.166. The van der Waals surface area contributed by atoms with Crippen molar-refractivity contribution in [2.24, 2.45) is 5.92 Å². The van der Waals surface area contributed by atoms with Crippen LogP contribution < -0.4 is 4.90 Å². The maximum Gasteiger partial charge on any atom is 0.227 e. The van der Waals surface area contributed by atoms with E-state index in [0.717, 1.165) is 16.7 Å². The van der Waals surface area contributed by atoms with E-state index >= 15 is 0 Å². The second kappa shape index (κ2) is 4.54. The molecule has 2 rings (SSSR count). The van der Waals surface area contributed by atoms with Gasteiger partial charge in [0.15, 0.2) is 0 Å². The first kappa shape index (κ1) is 11.0. The Hall–Kier alpha value is -0.540. The topological polar surface area (TPSA) is 20.3 Å². The number of carbonyl (C=O) groups is 1. The number of benzene rings is 1. The standard InChI is InChI=1S/C11H11BrClNO/c12-9-2-1-3-10(5-9)14-7-8(6-13)4-11(14)15/h1-3,5,8H,4,6-7H2. The van der Waals surface area contributed by atoms with Crippen LogP contribution in [0.1, 0.15) is 6.42 Å². The van der Waals surface area contributed by atoms with E-state index in [2.05, 4.69) is 15.9 Å². The van der Waals surface area contributed by atoms with Crippen molar-refractivity contribution in [3.8, 4) is 0 Å². The van der Waals surface area contributed by atoms with Crippen LogP contribution >= 0.6 is 27.5 Å². The lowest BCUT2D eigenvalue weighted by atomic mass is 10.1. The van der Waals surface area contributed by atoms with Crippen molar-refractivity contribution < 1.29 is 4.79 Å². The zero-order valence-electron chi connectivity index (χ0n) is 8.12. The number of alkyl halides is 1. The van der Waals surface area contributed by atoms with Gasteiger partial charge in [-0.25, -0.2) is 0 Å². The Kier molecular flexibility index (Phi) is 3.32. The van der Waals surface area contributed by atoms with Crippen LogP contribution in [0.15, 0.2) is 28.7 Å². The number of amides is 1. The maximum atomic E-state index is 11.7. The summed E-state index contributed by atoms with van der Waals surface area (Å²) >= 11 is 9.17. The van der Waals surface area contributed by atoms with Gasteiger partial charge in [-0.1, -0.05) is 22.0 Å². The van der Waals surface area contributed by atoms with Crippen molar-refractivity contribution in [1.82, 2.24) is 0 Å². The van der Waals surface area contributed by atoms with Crippen molar-refractivity contribution in [1.29, 1.82) is 0 Å². The molecule has 2 nitrogen and oxygen atoms in total. The van der Waals surface area contributed by atoms with Gasteiger partial charge in [0, 0.05) is 29.0 Å². The molecular weight excluding hydrogens is 277 g/mol. The van der Waals surface area contributed by atoms with Crippen LogP contribution in [0.2, 0.25) is 0 Å². The van der Waals surface area contributed by atoms with E-state index < -0.39 is 0 Å². The molecule has 1 atom stereocenters. The summed E-state index contributed by atoms with van der Waals surface area (Å²) in [6.45, 7) is 0.735. The van der Waals surface area contributed by atoms with Gasteiger partial charge in [-0.2, -0.15) is 0 Å². The summed E-state index contributed by atoms with van der Waals surface area (Å²) in [5.41, 5.74) is 0.946. The Morgan fingerprint density at radius 2 is 2.33 bits per heavy atom. The smallest absolute Gasteiger partial charge is 0.227 e. The third-order valence-electron chi connectivity index (χ3n) is 2.54. The van der Waals surface area contributed by atoms with Crippen LogP contribution in [-0.2, 0) is 4.79 Å². The van der Waals surface area contributed by atoms with Crippen LogP contribution in [0.3, 0.4) is 0 Å². The second-order valence-corrected chi connectivity index (χ2v) is 4.93. The summed E-state index contributed by atoms with van der Waals surface area (Å²) in [6.07, 6.45) is 0.565.